The van der Waals surface area contributed by atoms with Crippen LogP contribution in [0.2, 0.25) is 0 Å². The van der Waals surface area contributed by atoms with Crippen molar-refractivity contribution in [3.8, 4) is 12.3 Å². The van der Waals surface area contributed by atoms with Gasteiger partial charge >= 0.3 is 6.03 Å². The van der Waals surface area contributed by atoms with Crippen LogP contribution in [-0.2, 0) is 9.47 Å². The molecule has 1 saturated heterocycles. The van der Waals surface area contributed by atoms with Gasteiger partial charge in [0.15, 0.2) is 6.29 Å². The zero-order valence-electron chi connectivity index (χ0n) is 13.0. The molecule has 11 heteroatoms. The average molecular weight is 366 g/mol. The normalized spacial score (nSPS) is 29.6. The summed E-state index contributed by atoms with van der Waals surface area (Å²) in [6.45, 7) is -1.10. The Bertz CT molecular complexity index is 459. The van der Waals surface area contributed by atoms with Gasteiger partial charge in [0.1, 0.15) is 18.3 Å². The summed E-state index contributed by atoms with van der Waals surface area (Å²) in [7, 11) is 1.25. The number of alkyl halides is 1. The predicted octanol–water partition coefficient (Wildman–Crippen LogP) is -1.28. The van der Waals surface area contributed by atoms with E-state index in [9.17, 15) is 25.0 Å². The van der Waals surface area contributed by atoms with E-state index in [1.165, 1.54) is 7.11 Å². The third-order valence-corrected chi connectivity index (χ3v) is 3.73. The van der Waals surface area contributed by atoms with Gasteiger partial charge in [-0.1, -0.05) is 5.92 Å². The molecule has 1 aliphatic rings. The van der Waals surface area contributed by atoms with Gasteiger partial charge in [-0.3, -0.25) is 0 Å². The molecule has 1 aliphatic heterocycles. The summed E-state index contributed by atoms with van der Waals surface area (Å²) in [6, 6.07) is -2.23. The Morgan fingerprint density at radius 2 is 2.12 bits per heavy atom. The van der Waals surface area contributed by atoms with E-state index in [4.69, 9.17) is 27.5 Å². The van der Waals surface area contributed by atoms with E-state index in [-0.39, 0.29) is 19.0 Å². The van der Waals surface area contributed by atoms with Crippen LogP contribution in [0.5, 0.6) is 0 Å². The number of amides is 2. The van der Waals surface area contributed by atoms with Crippen molar-refractivity contribution in [3.63, 3.8) is 0 Å². The zero-order valence-corrected chi connectivity index (χ0v) is 13.7. The second-order valence-electron chi connectivity index (χ2n) is 4.94. The van der Waals surface area contributed by atoms with Crippen molar-refractivity contribution in [3.05, 3.63) is 4.91 Å². The van der Waals surface area contributed by atoms with Crippen molar-refractivity contribution in [1.29, 1.82) is 0 Å². The molecular formula is C13H20ClN3O7. The quantitative estimate of drug-likeness (QED) is 0.221. The van der Waals surface area contributed by atoms with Crippen molar-refractivity contribution in [2.45, 2.75) is 30.6 Å². The van der Waals surface area contributed by atoms with Gasteiger partial charge in [-0.15, -0.1) is 22.9 Å². The van der Waals surface area contributed by atoms with Crippen molar-refractivity contribution in [2.75, 3.05) is 32.7 Å². The standard InChI is InChI=1S/C13H20ClN3O7/c1-3-5-16(13(21)17(15-22)6-4-14)9-10(19)8(7-18)24-12(23-2)11(9)20/h1,8-12,18-20H,4-7H2,2H3/t8-,9-,10-,11-,12+/m1/s1. The molecule has 136 valence electrons. The summed E-state index contributed by atoms with van der Waals surface area (Å²) in [6.07, 6.45) is -0.0455. The first-order valence-corrected chi connectivity index (χ1v) is 7.56. The van der Waals surface area contributed by atoms with Gasteiger partial charge in [0.25, 0.3) is 0 Å². The summed E-state index contributed by atoms with van der Waals surface area (Å²) < 4.78 is 10.2. The van der Waals surface area contributed by atoms with Gasteiger partial charge < -0.3 is 29.7 Å². The number of hydrogen-bond donors (Lipinski definition) is 3. The number of aliphatic hydroxyl groups excluding tert-OH is 3. The van der Waals surface area contributed by atoms with Gasteiger partial charge in [0, 0.05) is 13.0 Å². The molecule has 0 unspecified atom stereocenters. The number of ether oxygens (including phenoxy) is 2. The monoisotopic (exact) mass is 365 g/mol. The molecule has 1 fully saturated rings. The number of terminal acetylenes is 1. The van der Waals surface area contributed by atoms with Gasteiger partial charge in [0.05, 0.1) is 31.0 Å². The highest BCUT2D eigenvalue weighted by Crippen LogP contribution is 2.26. The van der Waals surface area contributed by atoms with Gasteiger partial charge in [-0.2, -0.15) is 5.01 Å². The molecule has 5 atom stereocenters. The molecule has 0 bridgehead atoms. The van der Waals surface area contributed by atoms with Gasteiger partial charge in [-0.05, 0) is 0 Å². The lowest BCUT2D eigenvalue weighted by Crippen LogP contribution is -2.66. The number of nitrogens with zero attached hydrogens (tertiary/aromatic N) is 3. The number of methoxy groups -OCH3 is 1. The predicted molar refractivity (Wildman–Crippen MR) is 82.7 cm³/mol. The highest BCUT2D eigenvalue weighted by molar-refractivity contribution is 6.18. The number of urea groups is 1. The van der Waals surface area contributed by atoms with E-state index < -0.39 is 43.3 Å². The van der Waals surface area contributed by atoms with Crippen LogP contribution in [0, 0.1) is 17.3 Å². The Morgan fingerprint density at radius 1 is 1.46 bits per heavy atom. The lowest BCUT2D eigenvalue weighted by molar-refractivity contribution is -0.280. The topological polar surface area (TPSA) is 132 Å². The fraction of sp³-hybridized carbons (Fsp3) is 0.769. The molecule has 10 nitrogen and oxygen atoms in total. The Morgan fingerprint density at radius 3 is 2.58 bits per heavy atom. The number of nitroso groups, excluding NO2 is 1. The molecule has 0 aromatic heterocycles. The van der Waals surface area contributed by atoms with Crippen molar-refractivity contribution in [2.24, 2.45) is 5.29 Å². The number of carbonyl (C=O) groups excluding carboxylic acids is 1. The second-order valence-corrected chi connectivity index (χ2v) is 5.32. The summed E-state index contributed by atoms with van der Waals surface area (Å²) in [5.41, 5.74) is 0. The highest BCUT2D eigenvalue weighted by Gasteiger charge is 2.49. The van der Waals surface area contributed by atoms with Crippen LogP contribution < -0.4 is 0 Å². The molecule has 0 aromatic rings. The minimum absolute atomic E-state index is 0.0553. The van der Waals surface area contributed by atoms with E-state index in [1.54, 1.807) is 0 Å². The summed E-state index contributed by atoms with van der Waals surface area (Å²) in [4.78, 5) is 24.2. The molecule has 24 heavy (non-hydrogen) atoms. The van der Waals surface area contributed by atoms with Crippen molar-refractivity contribution in [1.82, 2.24) is 9.91 Å². The summed E-state index contributed by atoms with van der Waals surface area (Å²) in [5, 5.41) is 33.1. The van der Waals surface area contributed by atoms with Crippen LogP contribution in [-0.4, -0.2) is 94.6 Å². The first-order valence-electron chi connectivity index (χ1n) is 7.02. The Hall–Kier alpha value is -1.48. The Kier molecular flexibility index (Phi) is 8.34. The maximum atomic E-state index is 12.5. The first kappa shape index (κ1) is 20.6. The fourth-order valence-electron chi connectivity index (χ4n) is 2.43. The maximum Gasteiger partial charge on any atom is 0.344 e. The third-order valence-electron chi connectivity index (χ3n) is 3.56. The largest absolute Gasteiger partial charge is 0.394 e. The lowest BCUT2D eigenvalue weighted by Gasteiger charge is -2.46. The van der Waals surface area contributed by atoms with Crippen LogP contribution in [0.25, 0.3) is 0 Å². The number of aliphatic hydroxyl groups is 3. The number of halogens is 1. The number of hydrogen-bond acceptors (Lipinski definition) is 8. The first-order chi connectivity index (χ1) is 11.5. The SMILES string of the molecule is C#CCN(C(=O)N(CCCl)N=O)[C@H]1[C@@H](O)[C@@H](OC)O[C@H](CO)[C@H]1O. The molecule has 0 spiro atoms. The van der Waals surface area contributed by atoms with Crippen LogP contribution >= 0.6 is 11.6 Å². The molecule has 0 saturated carbocycles. The van der Waals surface area contributed by atoms with E-state index in [0.29, 0.717) is 5.01 Å². The minimum Gasteiger partial charge on any atom is -0.394 e. The third kappa shape index (κ3) is 4.32. The maximum absolute atomic E-state index is 12.5. The molecule has 0 aromatic carbocycles. The van der Waals surface area contributed by atoms with Crippen LogP contribution in [0.15, 0.2) is 5.29 Å². The molecule has 0 radical (unpaired) electrons. The lowest BCUT2D eigenvalue weighted by atomic mass is 9.94. The van der Waals surface area contributed by atoms with Crippen molar-refractivity contribution >= 4 is 17.6 Å². The molecule has 2 amide bonds. The Balaban J connectivity index is 3.16. The molecule has 1 heterocycles. The number of carbonyl (C=O) groups is 1. The molecule has 3 N–H and O–H groups in total. The Labute approximate surface area is 143 Å². The van der Waals surface area contributed by atoms with E-state index in [0.717, 1.165) is 4.90 Å². The second kappa shape index (κ2) is 9.73. The zero-order chi connectivity index (χ0) is 18.3. The highest BCUT2D eigenvalue weighted by atomic mass is 35.5. The molecular weight excluding hydrogens is 346 g/mol. The average Bonchev–Trinajstić information content (AvgIpc) is 2.58. The van der Waals surface area contributed by atoms with Gasteiger partial charge in [-0.25, -0.2) is 4.79 Å². The summed E-state index contributed by atoms with van der Waals surface area (Å²) >= 11 is 5.51. The number of rotatable bonds is 7. The minimum atomic E-state index is -1.48. The van der Waals surface area contributed by atoms with E-state index in [1.807, 2.05) is 0 Å². The van der Waals surface area contributed by atoms with Crippen LogP contribution in [0.3, 0.4) is 0 Å². The van der Waals surface area contributed by atoms with E-state index >= 15 is 0 Å². The van der Waals surface area contributed by atoms with Crippen LogP contribution in [0.4, 0.5) is 4.79 Å². The van der Waals surface area contributed by atoms with Gasteiger partial charge in [0.2, 0.25) is 0 Å². The smallest absolute Gasteiger partial charge is 0.344 e. The summed E-state index contributed by atoms with van der Waals surface area (Å²) in [5.74, 6) is 2.15. The molecule has 1 rings (SSSR count). The van der Waals surface area contributed by atoms with Crippen LogP contribution in [0.1, 0.15) is 0 Å². The molecule has 0 aliphatic carbocycles. The fourth-order valence-corrected chi connectivity index (χ4v) is 2.59. The van der Waals surface area contributed by atoms with E-state index in [2.05, 4.69) is 11.2 Å². The van der Waals surface area contributed by atoms with Crippen molar-refractivity contribution < 1.29 is 29.6 Å².